The number of hydrogen-bond donors (Lipinski definition) is 1. The molecular weight excluding hydrogens is 623 g/mol. The lowest BCUT2D eigenvalue weighted by Gasteiger charge is -2.44. The first kappa shape index (κ1) is 32.7. The summed E-state index contributed by atoms with van der Waals surface area (Å²) in [5.41, 5.74) is 1.12. The molecule has 1 heterocycles. The van der Waals surface area contributed by atoms with Gasteiger partial charge in [-0.1, -0.05) is 91.0 Å². The maximum atomic E-state index is 12.5. The van der Waals surface area contributed by atoms with Gasteiger partial charge in [-0.15, -0.1) is 34.8 Å². The molecule has 3 aromatic carbocycles. The normalized spacial score (nSPS) is 21.9. The molecule has 0 radical (unpaired) electrons. The second-order valence-corrected chi connectivity index (χ2v) is 10.2. The van der Waals surface area contributed by atoms with Crippen molar-refractivity contribution < 1.29 is 43.2 Å². The van der Waals surface area contributed by atoms with Crippen LogP contribution in [0.5, 0.6) is 0 Å². The summed E-state index contributed by atoms with van der Waals surface area (Å²) in [6.45, 7) is -0.304. The van der Waals surface area contributed by atoms with Crippen molar-refractivity contribution in [3.8, 4) is 0 Å². The Morgan fingerprint density at radius 1 is 0.628 bits per heavy atom. The molecule has 1 saturated heterocycles. The smallest absolute Gasteiger partial charge is 0.321 e. The van der Waals surface area contributed by atoms with Crippen LogP contribution in [0, 0.1) is 0 Å². The summed E-state index contributed by atoms with van der Waals surface area (Å²) >= 11 is 17.0. The molecule has 12 heteroatoms. The summed E-state index contributed by atoms with van der Waals surface area (Å²) in [6.07, 6.45) is -7.64. The molecule has 5 atom stereocenters. The zero-order valence-electron chi connectivity index (χ0n) is 22.7. The van der Waals surface area contributed by atoms with E-state index in [4.69, 9.17) is 58.5 Å². The summed E-state index contributed by atoms with van der Waals surface area (Å²) in [5, 5.41) is 10.9. The topological polar surface area (TPSA) is 118 Å². The molecule has 0 aliphatic carbocycles. The first-order valence-corrected chi connectivity index (χ1v) is 14.8. The number of benzene rings is 3. The van der Waals surface area contributed by atoms with E-state index in [0.29, 0.717) is 0 Å². The van der Waals surface area contributed by atoms with Crippen molar-refractivity contribution in [2.75, 3.05) is 24.2 Å². The number of esters is 3. The lowest BCUT2D eigenvalue weighted by atomic mass is 9.80. The molecule has 9 nitrogen and oxygen atoms in total. The summed E-state index contributed by atoms with van der Waals surface area (Å²) in [4.78, 5) is 36.9. The molecule has 1 aliphatic rings. The van der Waals surface area contributed by atoms with Crippen molar-refractivity contribution in [1.82, 2.24) is 0 Å². The summed E-state index contributed by atoms with van der Waals surface area (Å²) in [5.74, 6) is -4.42. The van der Waals surface area contributed by atoms with Gasteiger partial charge in [-0.05, 0) is 16.7 Å². The zero-order valence-corrected chi connectivity index (χ0v) is 25.0. The minimum atomic E-state index is -1.82. The number of aliphatic hydroxyl groups excluding tert-OH is 1. The van der Waals surface area contributed by atoms with Crippen LogP contribution in [0.15, 0.2) is 91.0 Å². The molecule has 43 heavy (non-hydrogen) atoms. The quantitative estimate of drug-likeness (QED) is 0.133. The fourth-order valence-electron chi connectivity index (χ4n) is 4.96. The number of carbonyl (C=O) groups is 3. The first-order chi connectivity index (χ1) is 20.8. The monoisotopic (exact) mass is 650 g/mol. The Hall–Kier alpha value is -3.18. The average molecular weight is 652 g/mol. The third-order valence-corrected chi connectivity index (χ3v) is 7.40. The third-order valence-electron chi connectivity index (χ3n) is 6.74. The highest BCUT2D eigenvalue weighted by molar-refractivity contribution is 6.27. The van der Waals surface area contributed by atoms with Crippen LogP contribution in [0.25, 0.3) is 0 Å². The van der Waals surface area contributed by atoms with Crippen molar-refractivity contribution in [3.63, 3.8) is 0 Å². The number of carbonyl (C=O) groups excluding carboxylic acids is 3. The van der Waals surface area contributed by atoms with E-state index in [9.17, 15) is 19.5 Å². The van der Waals surface area contributed by atoms with Crippen molar-refractivity contribution in [3.05, 3.63) is 108 Å². The summed E-state index contributed by atoms with van der Waals surface area (Å²) < 4.78 is 28.8. The first-order valence-electron chi connectivity index (χ1n) is 13.2. The Labute approximate surface area is 263 Å². The highest BCUT2D eigenvalue weighted by Gasteiger charge is 2.53. The molecule has 228 valence electrons. The molecule has 1 N–H and O–H groups in total. The number of hydrogen-bond acceptors (Lipinski definition) is 9. The highest BCUT2D eigenvalue weighted by atomic mass is 35.5. The molecule has 0 bridgehead atoms. The number of halogens is 3. The second kappa shape index (κ2) is 15.5. The maximum Gasteiger partial charge on any atom is 0.321 e. The predicted octanol–water partition coefficient (Wildman–Crippen LogP) is 4.16. The van der Waals surface area contributed by atoms with Crippen LogP contribution in [0.3, 0.4) is 0 Å². The Kier molecular flexibility index (Phi) is 11.8. The Morgan fingerprint density at radius 2 is 1.00 bits per heavy atom. The van der Waals surface area contributed by atoms with E-state index in [1.807, 2.05) is 91.0 Å². The molecule has 0 aromatic heterocycles. The van der Waals surface area contributed by atoms with E-state index < -0.39 is 71.9 Å². The molecule has 0 amide bonds. The Bertz CT molecular complexity index is 1250. The number of ether oxygens (including phenoxy) is 5. The van der Waals surface area contributed by atoms with E-state index in [1.165, 1.54) is 0 Å². The Morgan fingerprint density at radius 3 is 1.40 bits per heavy atom. The van der Waals surface area contributed by atoms with Crippen LogP contribution in [0.1, 0.15) is 16.7 Å². The third kappa shape index (κ3) is 7.67. The molecular formula is C31H29Cl3O9. The minimum Gasteiger partial charge on any atom is -0.454 e. The molecule has 5 unspecified atom stereocenters. The van der Waals surface area contributed by atoms with Gasteiger partial charge in [0.15, 0.2) is 24.6 Å². The van der Waals surface area contributed by atoms with Gasteiger partial charge in [0.1, 0.15) is 29.3 Å². The van der Waals surface area contributed by atoms with Crippen LogP contribution in [0.2, 0.25) is 0 Å². The van der Waals surface area contributed by atoms with Gasteiger partial charge < -0.3 is 28.8 Å². The van der Waals surface area contributed by atoms with Crippen molar-refractivity contribution >= 4 is 52.7 Å². The fraction of sp³-hybridized carbons (Fsp3) is 0.323. The lowest BCUT2D eigenvalue weighted by Crippen LogP contribution is -2.63. The largest absolute Gasteiger partial charge is 0.454 e. The van der Waals surface area contributed by atoms with Crippen LogP contribution >= 0.6 is 34.8 Å². The molecule has 0 spiro atoms. The van der Waals surface area contributed by atoms with Crippen molar-refractivity contribution in [2.45, 2.75) is 36.3 Å². The van der Waals surface area contributed by atoms with Crippen LogP contribution < -0.4 is 0 Å². The van der Waals surface area contributed by atoms with E-state index in [2.05, 4.69) is 0 Å². The van der Waals surface area contributed by atoms with Crippen molar-refractivity contribution in [1.29, 1.82) is 0 Å². The molecule has 4 rings (SSSR count). The minimum absolute atomic E-state index is 0.304. The molecule has 3 aromatic rings. The van der Waals surface area contributed by atoms with Gasteiger partial charge in [0, 0.05) is 0 Å². The maximum absolute atomic E-state index is 12.5. The summed E-state index contributed by atoms with van der Waals surface area (Å²) in [7, 11) is 0. The van der Waals surface area contributed by atoms with Gasteiger partial charge in [0.05, 0.1) is 6.61 Å². The molecule has 1 aliphatic heterocycles. The number of alkyl halides is 3. The van der Waals surface area contributed by atoms with Gasteiger partial charge in [0.2, 0.25) is 0 Å². The van der Waals surface area contributed by atoms with E-state index in [-0.39, 0.29) is 6.61 Å². The van der Waals surface area contributed by atoms with Gasteiger partial charge in [-0.2, -0.15) is 0 Å². The number of rotatable bonds is 12. The molecule has 0 saturated carbocycles. The van der Waals surface area contributed by atoms with Gasteiger partial charge in [-0.25, -0.2) is 0 Å². The van der Waals surface area contributed by atoms with Gasteiger partial charge in [-0.3, -0.25) is 14.4 Å². The highest BCUT2D eigenvalue weighted by Crippen LogP contribution is 2.41. The fourth-order valence-corrected chi connectivity index (χ4v) is 5.15. The van der Waals surface area contributed by atoms with Crippen LogP contribution in [-0.2, 0) is 43.7 Å². The second-order valence-electron chi connectivity index (χ2n) is 9.42. The van der Waals surface area contributed by atoms with E-state index in [0.717, 1.165) is 16.7 Å². The number of aliphatic hydroxyl groups is 1. The lowest BCUT2D eigenvalue weighted by molar-refractivity contribution is -0.299. The van der Waals surface area contributed by atoms with E-state index in [1.54, 1.807) is 0 Å². The molecule has 1 fully saturated rings. The van der Waals surface area contributed by atoms with E-state index >= 15 is 0 Å². The SMILES string of the molecule is O=C(CCl)OC1C(O)OC(COC(c2ccccc2)(c2ccccc2)c2ccccc2)C(OC(=O)CCl)C1OC(=O)CCl. The van der Waals surface area contributed by atoms with Crippen LogP contribution in [0.4, 0.5) is 0 Å². The van der Waals surface area contributed by atoms with Gasteiger partial charge in [0.25, 0.3) is 0 Å². The zero-order chi connectivity index (χ0) is 30.8. The standard InChI is InChI=1S/C31H29Cl3O9/c32-16-24(35)41-27-23(40-30(38)29(43-26(37)18-34)28(27)42-25(36)17-33)19-39-31(20-10-4-1-5-11-20,21-12-6-2-7-13-21)22-14-8-3-9-15-22/h1-15,23,27-30,38H,16-19H2. The summed E-state index contributed by atoms with van der Waals surface area (Å²) in [6, 6.07) is 28.4. The van der Waals surface area contributed by atoms with Gasteiger partial charge >= 0.3 is 17.9 Å². The van der Waals surface area contributed by atoms with Crippen LogP contribution in [-0.4, -0.2) is 78.0 Å². The average Bonchev–Trinajstić information content (AvgIpc) is 3.05. The van der Waals surface area contributed by atoms with Crippen molar-refractivity contribution in [2.24, 2.45) is 0 Å². The Balaban J connectivity index is 1.79. The predicted molar refractivity (Wildman–Crippen MR) is 158 cm³/mol.